The minimum absolute atomic E-state index is 0.256. The van der Waals surface area contributed by atoms with Gasteiger partial charge in [0, 0.05) is 12.7 Å². The first-order valence-corrected chi connectivity index (χ1v) is 5.97. The molecule has 0 atom stereocenters. The van der Waals surface area contributed by atoms with Crippen molar-refractivity contribution < 1.29 is 9.53 Å². The molecule has 2 aromatic carbocycles. The Morgan fingerprint density at radius 1 is 1.16 bits per heavy atom. The zero-order valence-electron chi connectivity index (χ0n) is 10.7. The predicted molar refractivity (Wildman–Crippen MR) is 76.9 cm³/mol. The first kappa shape index (κ1) is 13.2. The summed E-state index contributed by atoms with van der Waals surface area (Å²) in [6.45, 7) is 0.256. The van der Waals surface area contributed by atoms with Crippen LogP contribution in [0.15, 0.2) is 54.6 Å². The van der Waals surface area contributed by atoms with E-state index in [1.165, 1.54) is 4.90 Å². The Kier molecular flexibility index (Phi) is 4.24. The molecule has 1 amide bonds. The molecule has 94 valence electrons. The molecule has 0 N–H and O–H groups in total. The van der Waals surface area contributed by atoms with E-state index in [0.29, 0.717) is 11.2 Å². The number of benzene rings is 2. The highest BCUT2D eigenvalue weighted by Gasteiger charge is 2.12. The number of amides is 1. The van der Waals surface area contributed by atoms with Crippen LogP contribution in [-0.2, 0) is 11.3 Å². The SMILES string of the molecule is [B]c1cccc(N(C)C(=O)OCc2ccccc2)c1. The van der Waals surface area contributed by atoms with Crippen molar-refractivity contribution in [1.29, 1.82) is 0 Å². The lowest BCUT2D eigenvalue weighted by molar-refractivity contribution is 0.148. The number of anilines is 1. The van der Waals surface area contributed by atoms with Crippen LogP contribution in [0.1, 0.15) is 5.56 Å². The van der Waals surface area contributed by atoms with Gasteiger partial charge in [-0.25, -0.2) is 4.79 Å². The second-order valence-electron chi connectivity index (χ2n) is 4.19. The van der Waals surface area contributed by atoms with Crippen LogP contribution in [-0.4, -0.2) is 21.0 Å². The molecule has 2 aromatic rings. The van der Waals surface area contributed by atoms with Crippen LogP contribution in [0.25, 0.3) is 0 Å². The van der Waals surface area contributed by atoms with Crippen molar-refractivity contribution in [3.8, 4) is 0 Å². The monoisotopic (exact) mass is 251 g/mol. The van der Waals surface area contributed by atoms with E-state index < -0.39 is 6.09 Å². The van der Waals surface area contributed by atoms with E-state index >= 15 is 0 Å². The summed E-state index contributed by atoms with van der Waals surface area (Å²) >= 11 is 0. The lowest BCUT2D eigenvalue weighted by Crippen LogP contribution is -2.27. The van der Waals surface area contributed by atoms with Gasteiger partial charge in [0.15, 0.2) is 0 Å². The molecule has 0 aliphatic heterocycles. The topological polar surface area (TPSA) is 29.5 Å². The quantitative estimate of drug-likeness (QED) is 0.783. The van der Waals surface area contributed by atoms with E-state index in [-0.39, 0.29) is 6.61 Å². The van der Waals surface area contributed by atoms with Gasteiger partial charge >= 0.3 is 6.09 Å². The highest BCUT2D eigenvalue weighted by atomic mass is 16.6. The smallest absolute Gasteiger partial charge is 0.414 e. The van der Waals surface area contributed by atoms with Crippen molar-refractivity contribution in [2.24, 2.45) is 0 Å². The molecule has 2 rings (SSSR count). The molecular formula is C15H14BNO2. The van der Waals surface area contributed by atoms with Gasteiger partial charge in [0.2, 0.25) is 0 Å². The Hall–Kier alpha value is -2.23. The standard InChI is InChI=1S/C15H14BNO2/c1-17(14-9-5-8-13(16)10-14)15(18)19-11-12-6-3-2-4-7-12/h2-10H,11H2,1H3. The molecule has 0 bridgehead atoms. The van der Waals surface area contributed by atoms with Crippen LogP contribution < -0.4 is 10.4 Å². The van der Waals surface area contributed by atoms with Crippen molar-refractivity contribution in [3.63, 3.8) is 0 Å². The van der Waals surface area contributed by atoms with Gasteiger partial charge in [0.25, 0.3) is 0 Å². The van der Waals surface area contributed by atoms with Crippen molar-refractivity contribution in [2.75, 3.05) is 11.9 Å². The summed E-state index contributed by atoms with van der Waals surface area (Å²) in [4.78, 5) is 13.3. The van der Waals surface area contributed by atoms with E-state index in [9.17, 15) is 4.79 Å². The van der Waals surface area contributed by atoms with Crippen molar-refractivity contribution in [1.82, 2.24) is 0 Å². The van der Waals surface area contributed by atoms with E-state index in [4.69, 9.17) is 12.6 Å². The maximum absolute atomic E-state index is 11.9. The average Bonchev–Trinajstić information content (AvgIpc) is 2.45. The van der Waals surface area contributed by atoms with Gasteiger partial charge < -0.3 is 4.74 Å². The van der Waals surface area contributed by atoms with Crippen molar-refractivity contribution >= 4 is 25.1 Å². The summed E-state index contributed by atoms with van der Waals surface area (Å²) in [5, 5.41) is 0. The number of rotatable bonds is 3. The number of carbonyl (C=O) groups excluding carboxylic acids is 1. The van der Waals surface area contributed by atoms with E-state index in [0.717, 1.165) is 5.56 Å². The molecule has 0 saturated heterocycles. The van der Waals surface area contributed by atoms with Crippen LogP contribution >= 0.6 is 0 Å². The van der Waals surface area contributed by atoms with E-state index in [1.54, 1.807) is 31.3 Å². The Morgan fingerprint density at radius 2 is 1.89 bits per heavy atom. The van der Waals surface area contributed by atoms with Gasteiger partial charge in [-0.2, -0.15) is 0 Å². The molecule has 0 aliphatic carbocycles. The Balaban J connectivity index is 1.96. The summed E-state index contributed by atoms with van der Waals surface area (Å²) in [5.41, 5.74) is 2.27. The van der Waals surface area contributed by atoms with Crippen LogP contribution in [0.4, 0.5) is 10.5 Å². The molecule has 19 heavy (non-hydrogen) atoms. The minimum Gasteiger partial charge on any atom is -0.444 e. The van der Waals surface area contributed by atoms with Gasteiger partial charge in [-0.3, -0.25) is 4.90 Å². The Labute approximate surface area is 114 Å². The predicted octanol–water partition coefficient (Wildman–Crippen LogP) is 2.25. The maximum atomic E-state index is 11.9. The minimum atomic E-state index is -0.408. The lowest BCUT2D eigenvalue weighted by Gasteiger charge is -2.17. The van der Waals surface area contributed by atoms with E-state index in [2.05, 4.69) is 0 Å². The fourth-order valence-corrected chi connectivity index (χ4v) is 1.65. The third-order valence-electron chi connectivity index (χ3n) is 2.74. The molecule has 0 saturated carbocycles. The summed E-state index contributed by atoms with van der Waals surface area (Å²) in [5.74, 6) is 0. The van der Waals surface area contributed by atoms with Crippen LogP contribution in [0.3, 0.4) is 0 Å². The summed E-state index contributed by atoms with van der Waals surface area (Å²) in [7, 11) is 7.34. The summed E-state index contributed by atoms with van der Waals surface area (Å²) < 4.78 is 5.23. The molecule has 0 spiro atoms. The summed E-state index contributed by atoms with van der Waals surface area (Å²) in [6.07, 6.45) is -0.408. The van der Waals surface area contributed by atoms with Crippen LogP contribution in [0.5, 0.6) is 0 Å². The Morgan fingerprint density at radius 3 is 2.58 bits per heavy atom. The highest BCUT2D eigenvalue weighted by molar-refractivity contribution is 6.32. The Bertz CT molecular complexity index is 557. The number of ether oxygens (including phenoxy) is 1. The molecule has 4 heteroatoms. The van der Waals surface area contributed by atoms with Gasteiger partial charge in [-0.1, -0.05) is 47.9 Å². The van der Waals surface area contributed by atoms with Gasteiger partial charge in [0.1, 0.15) is 14.5 Å². The number of hydrogen-bond acceptors (Lipinski definition) is 2. The number of nitrogens with zero attached hydrogens (tertiary/aromatic N) is 1. The number of hydrogen-bond donors (Lipinski definition) is 0. The molecule has 3 nitrogen and oxygen atoms in total. The zero-order chi connectivity index (χ0) is 13.7. The van der Waals surface area contributed by atoms with Crippen molar-refractivity contribution in [3.05, 3.63) is 60.2 Å². The third-order valence-corrected chi connectivity index (χ3v) is 2.74. The number of carbonyl (C=O) groups is 1. The molecule has 0 unspecified atom stereocenters. The first-order valence-electron chi connectivity index (χ1n) is 5.97. The molecule has 0 aromatic heterocycles. The summed E-state index contributed by atoms with van der Waals surface area (Å²) in [6, 6.07) is 16.7. The van der Waals surface area contributed by atoms with E-state index in [1.807, 2.05) is 30.3 Å². The second kappa shape index (κ2) is 6.09. The van der Waals surface area contributed by atoms with Gasteiger partial charge in [-0.15, -0.1) is 0 Å². The highest BCUT2D eigenvalue weighted by Crippen LogP contribution is 2.12. The lowest BCUT2D eigenvalue weighted by atomic mass is 9.96. The van der Waals surface area contributed by atoms with Crippen LogP contribution in [0.2, 0.25) is 0 Å². The average molecular weight is 251 g/mol. The maximum Gasteiger partial charge on any atom is 0.414 e. The molecule has 0 heterocycles. The molecule has 2 radical (unpaired) electrons. The normalized spacial score (nSPS) is 9.95. The molecule has 0 aliphatic rings. The van der Waals surface area contributed by atoms with Gasteiger partial charge in [0.05, 0.1) is 0 Å². The van der Waals surface area contributed by atoms with Gasteiger partial charge in [-0.05, 0) is 17.7 Å². The molecule has 0 fully saturated rings. The first-order chi connectivity index (χ1) is 9.16. The zero-order valence-corrected chi connectivity index (χ0v) is 10.7. The largest absolute Gasteiger partial charge is 0.444 e. The van der Waals surface area contributed by atoms with Crippen molar-refractivity contribution in [2.45, 2.75) is 6.61 Å². The third kappa shape index (κ3) is 3.62. The fourth-order valence-electron chi connectivity index (χ4n) is 1.65. The molecular weight excluding hydrogens is 237 g/mol. The second-order valence-corrected chi connectivity index (χ2v) is 4.19. The van der Waals surface area contributed by atoms with Crippen LogP contribution in [0, 0.1) is 0 Å². The fraction of sp³-hybridized carbons (Fsp3) is 0.133.